The first-order valence-corrected chi connectivity index (χ1v) is 16.1. The second-order valence-electron chi connectivity index (χ2n) is 14.8. The van der Waals surface area contributed by atoms with Gasteiger partial charge in [-0.05, 0) is 44.7 Å². The normalized spacial score (nSPS) is 40.8. The molecule has 2 bridgehead atoms. The van der Waals surface area contributed by atoms with E-state index in [2.05, 4.69) is 0 Å². The van der Waals surface area contributed by atoms with E-state index in [9.17, 15) is 39.0 Å². The van der Waals surface area contributed by atoms with Crippen molar-refractivity contribution in [2.24, 2.45) is 34.5 Å². The molecule has 5 rings (SSSR count). The third kappa shape index (κ3) is 5.29. The van der Waals surface area contributed by atoms with E-state index in [-0.39, 0.29) is 12.0 Å². The molecule has 0 amide bonds. The van der Waals surface area contributed by atoms with Gasteiger partial charge >= 0.3 is 29.8 Å². The van der Waals surface area contributed by atoms with Crippen molar-refractivity contribution in [1.29, 1.82) is 0 Å². The molecule has 4 saturated carbocycles. The van der Waals surface area contributed by atoms with Gasteiger partial charge in [0, 0.05) is 39.5 Å². The van der Waals surface area contributed by atoms with Crippen LogP contribution in [-0.2, 0) is 47.7 Å². The van der Waals surface area contributed by atoms with Gasteiger partial charge in [0.2, 0.25) is 0 Å². The Balaban J connectivity index is 1.82. The Morgan fingerprint density at radius 1 is 0.688 bits per heavy atom. The van der Waals surface area contributed by atoms with Gasteiger partial charge in [0.1, 0.15) is 47.5 Å². The monoisotopic (exact) mass is 672 g/mol. The maximum atomic E-state index is 14.3. The van der Waals surface area contributed by atoms with Crippen LogP contribution in [0.15, 0.2) is 30.3 Å². The standard InChI is InChI=1S/C35H44O13/c1-16-14-34(42)24(25(16)48-29(41)21-12-10-9-11-13-21)28(45-18(3)37)35(43)15-22-23(27(44-17(2)36)32(6,7)26(22)40)33(8,30(34)46-19(4)38)31(35)47-20(5)39/h9-13,16,22-25,27-28,30-31,42-43H,14-15H2,1-8H3/t16-,22+,23+,24+,25-,27-,28+,30+,31?,33-,34+,35-/m0/s1. The summed E-state index contributed by atoms with van der Waals surface area (Å²) in [5, 5.41) is 26.1. The Kier molecular flexibility index (Phi) is 8.82. The van der Waals surface area contributed by atoms with Crippen molar-refractivity contribution in [2.45, 2.75) is 110 Å². The molecule has 4 aliphatic rings. The number of aliphatic hydroxyl groups is 2. The fourth-order valence-electron chi connectivity index (χ4n) is 9.64. The van der Waals surface area contributed by atoms with Gasteiger partial charge in [-0.2, -0.15) is 0 Å². The van der Waals surface area contributed by atoms with E-state index >= 15 is 0 Å². The summed E-state index contributed by atoms with van der Waals surface area (Å²) in [7, 11) is 0. The van der Waals surface area contributed by atoms with Crippen LogP contribution in [0.2, 0.25) is 0 Å². The maximum Gasteiger partial charge on any atom is 0.338 e. The molecule has 4 fully saturated rings. The van der Waals surface area contributed by atoms with Gasteiger partial charge in [-0.3, -0.25) is 24.0 Å². The number of esters is 5. The van der Waals surface area contributed by atoms with E-state index in [4.69, 9.17) is 23.7 Å². The van der Waals surface area contributed by atoms with Crippen LogP contribution in [-0.4, -0.2) is 87.6 Å². The lowest BCUT2D eigenvalue weighted by atomic mass is 9.53. The third-order valence-electron chi connectivity index (χ3n) is 11.1. The summed E-state index contributed by atoms with van der Waals surface area (Å²) in [5.41, 5.74) is -7.60. The van der Waals surface area contributed by atoms with Crippen LogP contribution in [0.3, 0.4) is 0 Å². The number of carbonyl (C=O) groups excluding carboxylic acids is 6. The molecule has 0 heterocycles. The Morgan fingerprint density at radius 2 is 1.19 bits per heavy atom. The molecule has 0 saturated heterocycles. The molecule has 12 atom stereocenters. The summed E-state index contributed by atoms with van der Waals surface area (Å²) in [5.74, 6) is -8.72. The molecule has 4 aliphatic carbocycles. The molecule has 0 spiro atoms. The predicted octanol–water partition coefficient (Wildman–Crippen LogP) is 2.32. The van der Waals surface area contributed by atoms with Crippen molar-refractivity contribution in [2.75, 3.05) is 0 Å². The highest BCUT2D eigenvalue weighted by atomic mass is 16.6. The molecular weight excluding hydrogens is 628 g/mol. The number of ketones is 1. The molecule has 1 aromatic carbocycles. The Morgan fingerprint density at radius 3 is 1.71 bits per heavy atom. The van der Waals surface area contributed by atoms with Gasteiger partial charge in [0.05, 0.1) is 22.3 Å². The zero-order valence-electron chi connectivity index (χ0n) is 28.4. The van der Waals surface area contributed by atoms with Crippen LogP contribution < -0.4 is 0 Å². The fraction of sp³-hybridized carbons (Fsp3) is 0.657. The van der Waals surface area contributed by atoms with Gasteiger partial charge < -0.3 is 33.9 Å². The summed E-state index contributed by atoms with van der Waals surface area (Å²) < 4.78 is 29.7. The molecule has 0 radical (unpaired) electrons. The quantitative estimate of drug-likeness (QED) is 0.331. The van der Waals surface area contributed by atoms with Crippen molar-refractivity contribution in [3.8, 4) is 0 Å². The summed E-state index contributed by atoms with van der Waals surface area (Å²) in [4.78, 5) is 78.9. The summed E-state index contributed by atoms with van der Waals surface area (Å²) in [6.07, 6.45) is -8.14. The first kappa shape index (κ1) is 35.5. The van der Waals surface area contributed by atoms with Crippen LogP contribution in [0.1, 0.15) is 78.6 Å². The van der Waals surface area contributed by atoms with Gasteiger partial charge in [-0.15, -0.1) is 0 Å². The number of fused-ring (bicyclic) bond motifs is 5. The fourth-order valence-corrected chi connectivity index (χ4v) is 9.64. The molecule has 0 aliphatic heterocycles. The van der Waals surface area contributed by atoms with Crippen LogP contribution in [0.4, 0.5) is 0 Å². The molecule has 262 valence electrons. The van der Waals surface area contributed by atoms with E-state index in [1.807, 2.05) is 0 Å². The highest BCUT2D eigenvalue weighted by Gasteiger charge is 2.82. The zero-order chi connectivity index (χ0) is 35.7. The molecule has 13 nitrogen and oxygen atoms in total. The topological polar surface area (TPSA) is 189 Å². The highest BCUT2D eigenvalue weighted by Crippen LogP contribution is 2.68. The van der Waals surface area contributed by atoms with E-state index in [1.54, 1.807) is 39.0 Å². The number of benzene rings is 1. The lowest BCUT2D eigenvalue weighted by molar-refractivity contribution is -0.270. The molecule has 13 heteroatoms. The Labute approximate surface area is 278 Å². The average Bonchev–Trinajstić information content (AvgIpc) is 3.32. The number of hydrogen-bond acceptors (Lipinski definition) is 13. The van der Waals surface area contributed by atoms with Crippen molar-refractivity contribution in [3.05, 3.63) is 35.9 Å². The van der Waals surface area contributed by atoms with E-state index in [0.717, 1.165) is 20.8 Å². The van der Waals surface area contributed by atoms with Crippen LogP contribution in [0.25, 0.3) is 0 Å². The van der Waals surface area contributed by atoms with Crippen molar-refractivity contribution < 1.29 is 62.7 Å². The van der Waals surface area contributed by atoms with Crippen LogP contribution in [0.5, 0.6) is 0 Å². The van der Waals surface area contributed by atoms with Gasteiger partial charge in [0.25, 0.3) is 0 Å². The minimum Gasteiger partial charge on any atom is -0.461 e. The number of Topliss-reactive ketones (excluding diaryl/α,β-unsaturated/α-hetero) is 1. The largest absolute Gasteiger partial charge is 0.461 e. The van der Waals surface area contributed by atoms with Crippen molar-refractivity contribution >= 4 is 35.6 Å². The van der Waals surface area contributed by atoms with Gasteiger partial charge in [0.15, 0.2) is 0 Å². The molecule has 0 aromatic heterocycles. The van der Waals surface area contributed by atoms with E-state index in [1.165, 1.54) is 26.0 Å². The molecular formula is C35H44O13. The first-order valence-electron chi connectivity index (χ1n) is 16.1. The van der Waals surface area contributed by atoms with Crippen LogP contribution >= 0.6 is 0 Å². The molecule has 1 unspecified atom stereocenters. The van der Waals surface area contributed by atoms with Crippen LogP contribution in [0, 0.1) is 34.5 Å². The smallest absolute Gasteiger partial charge is 0.338 e. The third-order valence-corrected chi connectivity index (χ3v) is 11.1. The van der Waals surface area contributed by atoms with E-state index < -0.39 is 118 Å². The first-order chi connectivity index (χ1) is 22.2. The summed E-state index contributed by atoms with van der Waals surface area (Å²) >= 11 is 0. The van der Waals surface area contributed by atoms with Gasteiger partial charge in [-0.25, -0.2) is 4.79 Å². The summed E-state index contributed by atoms with van der Waals surface area (Å²) in [6.45, 7) is 10.9. The lowest BCUT2D eigenvalue weighted by Gasteiger charge is -2.57. The number of rotatable bonds is 6. The Bertz CT molecular complexity index is 1520. The second-order valence-corrected chi connectivity index (χ2v) is 14.8. The minimum absolute atomic E-state index is 0.189. The molecule has 1 aromatic rings. The SMILES string of the molecule is CC(=O)OC1[C@@]2(C)[C@@H]3[C@@H](C[C@]1(O)[C@H](OC(C)=O)[C@H]1[C@@H](OC(=O)c4ccccc4)[C@@H](C)C[C@]1(O)[C@@H]2OC(C)=O)C(=O)C(C)(C)[C@H]3OC(C)=O. The summed E-state index contributed by atoms with van der Waals surface area (Å²) in [6, 6.07) is 8.07. The molecule has 48 heavy (non-hydrogen) atoms. The maximum absolute atomic E-state index is 14.3. The zero-order valence-corrected chi connectivity index (χ0v) is 28.4. The lowest BCUT2D eigenvalue weighted by Crippen LogP contribution is -2.70. The highest BCUT2D eigenvalue weighted by molar-refractivity contribution is 5.91. The van der Waals surface area contributed by atoms with Gasteiger partial charge in [-0.1, -0.05) is 32.0 Å². The second kappa shape index (κ2) is 11.9. The number of ether oxygens (including phenoxy) is 5. The Hall–Kier alpha value is -3.84. The average molecular weight is 673 g/mol. The van der Waals surface area contributed by atoms with E-state index in [0.29, 0.717) is 0 Å². The minimum atomic E-state index is -2.40. The van der Waals surface area contributed by atoms with Crippen molar-refractivity contribution in [3.63, 3.8) is 0 Å². The molecule has 2 N–H and O–H groups in total. The number of carbonyl (C=O) groups is 6. The predicted molar refractivity (Wildman–Crippen MR) is 164 cm³/mol. The number of hydrogen-bond donors (Lipinski definition) is 2. The van der Waals surface area contributed by atoms with Crippen molar-refractivity contribution in [1.82, 2.24) is 0 Å².